The fraction of sp³-hybridized carbons (Fsp3) is 0.174. The van der Waals surface area contributed by atoms with Crippen LogP contribution >= 0.6 is 11.6 Å². The Morgan fingerprint density at radius 1 is 1.25 bits per heavy atom. The van der Waals surface area contributed by atoms with Gasteiger partial charge in [0.15, 0.2) is 0 Å². The van der Waals surface area contributed by atoms with Crippen LogP contribution in [0.4, 0.5) is 0 Å². The molecule has 1 amide bonds. The second kappa shape index (κ2) is 7.95. The number of amides is 1. The molecule has 0 atom stereocenters. The highest BCUT2D eigenvalue weighted by Gasteiger charge is 2.18. The van der Waals surface area contributed by atoms with Crippen molar-refractivity contribution in [2.24, 2.45) is 0 Å². The summed E-state index contributed by atoms with van der Waals surface area (Å²) in [6, 6.07) is 13.5. The Labute approximate surface area is 169 Å². The zero-order chi connectivity index (χ0) is 19.5. The molecule has 0 aliphatic carbocycles. The van der Waals surface area contributed by atoms with Gasteiger partial charge in [-0.2, -0.15) is 0 Å². The molecule has 28 heavy (non-hydrogen) atoms. The van der Waals surface area contributed by atoms with E-state index < -0.39 is 0 Å². The lowest BCUT2D eigenvalue weighted by molar-refractivity contribution is -0.125. The summed E-state index contributed by atoms with van der Waals surface area (Å²) in [5.41, 5.74) is 4.42. The first-order valence-corrected chi connectivity index (χ1v) is 9.59. The molecule has 0 bridgehead atoms. The maximum absolute atomic E-state index is 12.5. The minimum Gasteiger partial charge on any atom is -0.497 e. The molecule has 2 heterocycles. The summed E-state index contributed by atoms with van der Waals surface area (Å²) in [5.74, 6) is 0.791. The summed E-state index contributed by atoms with van der Waals surface area (Å²) in [7, 11) is 1.63. The number of carbonyl (C=O) groups excluding carboxylic acids is 1. The van der Waals surface area contributed by atoms with Gasteiger partial charge < -0.3 is 14.6 Å². The quantitative estimate of drug-likeness (QED) is 0.623. The van der Waals surface area contributed by atoms with Crippen molar-refractivity contribution < 1.29 is 9.53 Å². The number of benzene rings is 2. The van der Waals surface area contributed by atoms with Crippen molar-refractivity contribution >= 4 is 40.1 Å². The first-order valence-electron chi connectivity index (χ1n) is 9.21. The molecule has 3 aromatic rings. The average molecular weight is 393 g/mol. The van der Waals surface area contributed by atoms with Gasteiger partial charge in [-0.15, -0.1) is 0 Å². The number of aromatic amines is 1. The van der Waals surface area contributed by atoms with Crippen molar-refractivity contribution in [1.82, 2.24) is 9.88 Å². The average Bonchev–Trinajstić information content (AvgIpc) is 3.15. The number of aromatic nitrogens is 1. The number of nitrogens with zero attached hydrogens (tertiary/aromatic N) is 1. The van der Waals surface area contributed by atoms with Gasteiger partial charge in [0.1, 0.15) is 5.75 Å². The Morgan fingerprint density at radius 2 is 2.14 bits per heavy atom. The number of nitrogens with one attached hydrogen (secondary N) is 1. The van der Waals surface area contributed by atoms with E-state index in [9.17, 15) is 4.79 Å². The van der Waals surface area contributed by atoms with Crippen molar-refractivity contribution in [2.45, 2.75) is 6.42 Å². The van der Waals surface area contributed by atoms with E-state index in [-0.39, 0.29) is 5.91 Å². The fourth-order valence-electron chi connectivity index (χ4n) is 3.49. The molecule has 1 aliphatic rings. The van der Waals surface area contributed by atoms with E-state index in [0.717, 1.165) is 39.2 Å². The van der Waals surface area contributed by atoms with Crippen LogP contribution in [0.15, 0.2) is 60.8 Å². The van der Waals surface area contributed by atoms with Gasteiger partial charge in [0.2, 0.25) is 5.91 Å². The smallest absolute Gasteiger partial charge is 0.246 e. The number of halogens is 1. The molecular formula is C23H21ClN2O2. The monoisotopic (exact) mass is 392 g/mol. The van der Waals surface area contributed by atoms with Crippen LogP contribution in [0.3, 0.4) is 0 Å². The van der Waals surface area contributed by atoms with Crippen LogP contribution in [0, 0.1) is 0 Å². The first kappa shape index (κ1) is 18.4. The lowest BCUT2D eigenvalue weighted by atomic mass is 9.99. The zero-order valence-corrected chi connectivity index (χ0v) is 16.4. The first-order chi connectivity index (χ1) is 13.6. The molecule has 0 spiro atoms. The lowest BCUT2D eigenvalue weighted by Crippen LogP contribution is -2.33. The third-order valence-corrected chi connectivity index (χ3v) is 5.26. The van der Waals surface area contributed by atoms with Crippen LogP contribution < -0.4 is 4.74 Å². The molecule has 5 heteroatoms. The molecule has 1 N–H and O–H groups in total. The highest BCUT2D eigenvalue weighted by Crippen LogP contribution is 2.31. The molecule has 1 aromatic heterocycles. The number of H-pyrrole nitrogens is 1. The van der Waals surface area contributed by atoms with Crippen LogP contribution in [-0.2, 0) is 4.79 Å². The molecule has 4 nitrogen and oxygen atoms in total. The van der Waals surface area contributed by atoms with E-state index in [4.69, 9.17) is 16.3 Å². The van der Waals surface area contributed by atoms with E-state index in [1.807, 2.05) is 59.6 Å². The normalized spacial score (nSPS) is 14.5. The van der Waals surface area contributed by atoms with Crippen LogP contribution in [0.2, 0.25) is 5.02 Å². The van der Waals surface area contributed by atoms with Gasteiger partial charge in [0, 0.05) is 46.9 Å². The standard InChI is InChI=1S/C23H21ClN2O2/c1-28-19-4-2-3-16(13-19)5-8-23(27)26-11-9-17(10-12-26)21-15-25-22-7-6-18(24)14-20(21)22/h2-9,13-15,25H,10-12H2,1H3/b8-5+. The molecular weight excluding hydrogens is 372 g/mol. The number of rotatable bonds is 4. The van der Waals surface area contributed by atoms with Crippen molar-refractivity contribution in [2.75, 3.05) is 20.2 Å². The van der Waals surface area contributed by atoms with Crippen molar-refractivity contribution in [3.8, 4) is 5.75 Å². The van der Waals surface area contributed by atoms with Gasteiger partial charge in [-0.05, 0) is 54.0 Å². The second-order valence-corrected chi connectivity index (χ2v) is 7.20. The van der Waals surface area contributed by atoms with E-state index in [1.165, 1.54) is 5.57 Å². The summed E-state index contributed by atoms with van der Waals surface area (Å²) in [6.45, 7) is 1.30. The van der Waals surface area contributed by atoms with E-state index in [1.54, 1.807) is 13.2 Å². The van der Waals surface area contributed by atoms with E-state index >= 15 is 0 Å². The molecule has 0 unspecified atom stereocenters. The number of fused-ring (bicyclic) bond motifs is 1. The highest BCUT2D eigenvalue weighted by molar-refractivity contribution is 6.31. The molecule has 0 fully saturated rings. The topological polar surface area (TPSA) is 45.3 Å². The molecule has 1 aliphatic heterocycles. The summed E-state index contributed by atoms with van der Waals surface area (Å²) in [6.07, 6.45) is 8.42. The van der Waals surface area contributed by atoms with Crippen molar-refractivity contribution in [3.63, 3.8) is 0 Å². The second-order valence-electron chi connectivity index (χ2n) is 6.77. The van der Waals surface area contributed by atoms with Crippen molar-refractivity contribution in [3.05, 3.63) is 77.0 Å². The Bertz CT molecular complexity index is 1080. The summed E-state index contributed by atoms with van der Waals surface area (Å²) in [5, 5.41) is 1.85. The van der Waals surface area contributed by atoms with Gasteiger partial charge in [-0.3, -0.25) is 4.79 Å². The number of methoxy groups -OCH3 is 1. The predicted molar refractivity (Wildman–Crippen MR) is 115 cm³/mol. The largest absolute Gasteiger partial charge is 0.497 e. The van der Waals surface area contributed by atoms with Crippen LogP contribution in [-0.4, -0.2) is 36.0 Å². The van der Waals surface area contributed by atoms with Gasteiger partial charge in [0.05, 0.1) is 7.11 Å². The molecule has 142 valence electrons. The summed E-state index contributed by atoms with van der Waals surface area (Å²) < 4.78 is 5.22. The molecule has 0 radical (unpaired) electrons. The number of hydrogen-bond donors (Lipinski definition) is 1. The van der Waals surface area contributed by atoms with Crippen molar-refractivity contribution in [1.29, 1.82) is 0 Å². The Hall–Kier alpha value is -2.98. The van der Waals surface area contributed by atoms with E-state index in [0.29, 0.717) is 13.1 Å². The Balaban J connectivity index is 1.46. The molecule has 0 saturated heterocycles. The highest BCUT2D eigenvalue weighted by atomic mass is 35.5. The van der Waals surface area contributed by atoms with Crippen LogP contribution in [0.25, 0.3) is 22.6 Å². The van der Waals surface area contributed by atoms with Crippen LogP contribution in [0.1, 0.15) is 17.5 Å². The zero-order valence-electron chi connectivity index (χ0n) is 15.6. The van der Waals surface area contributed by atoms with Gasteiger partial charge in [0.25, 0.3) is 0 Å². The molecule has 4 rings (SSSR count). The molecule has 2 aromatic carbocycles. The SMILES string of the molecule is COc1cccc(/C=C/C(=O)N2CC=C(c3c[nH]c4ccc(Cl)cc34)CC2)c1. The summed E-state index contributed by atoms with van der Waals surface area (Å²) in [4.78, 5) is 17.7. The molecule has 0 saturated carbocycles. The number of carbonyl (C=O) groups is 1. The minimum atomic E-state index is 0.0140. The van der Waals surface area contributed by atoms with Crippen LogP contribution in [0.5, 0.6) is 5.75 Å². The predicted octanol–water partition coefficient (Wildman–Crippen LogP) is 5.16. The fourth-order valence-corrected chi connectivity index (χ4v) is 3.66. The lowest BCUT2D eigenvalue weighted by Gasteiger charge is -2.25. The third kappa shape index (κ3) is 3.82. The van der Waals surface area contributed by atoms with Gasteiger partial charge in [-0.1, -0.05) is 29.8 Å². The third-order valence-electron chi connectivity index (χ3n) is 5.02. The van der Waals surface area contributed by atoms with Gasteiger partial charge in [-0.25, -0.2) is 0 Å². The van der Waals surface area contributed by atoms with E-state index in [2.05, 4.69) is 11.1 Å². The summed E-state index contributed by atoms with van der Waals surface area (Å²) >= 11 is 6.15. The number of hydrogen-bond acceptors (Lipinski definition) is 2. The minimum absolute atomic E-state index is 0.0140. The maximum atomic E-state index is 12.5. The Kier molecular flexibility index (Phi) is 5.22. The van der Waals surface area contributed by atoms with Gasteiger partial charge >= 0.3 is 0 Å². The Morgan fingerprint density at radius 3 is 2.93 bits per heavy atom. The maximum Gasteiger partial charge on any atom is 0.246 e. The number of ether oxygens (including phenoxy) is 1.